The van der Waals surface area contributed by atoms with Crippen molar-refractivity contribution in [3.05, 3.63) is 76.1 Å². The van der Waals surface area contributed by atoms with Crippen molar-refractivity contribution in [3.63, 3.8) is 0 Å². The molecule has 4 aromatic rings. The first-order chi connectivity index (χ1) is 15.9. The van der Waals surface area contributed by atoms with E-state index in [2.05, 4.69) is 25.3 Å². The van der Waals surface area contributed by atoms with Crippen molar-refractivity contribution in [3.8, 4) is 0 Å². The number of nitrogens with zero attached hydrogens (tertiary/aromatic N) is 4. The molecule has 0 radical (unpaired) electrons. The topological polar surface area (TPSA) is 102 Å². The number of hydrogen-bond acceptors (Lipinski definition) is 7. The van der Waals surface area contributed by atoms with Crippen LogP contribution in [0.15, 0.2) is 59.6 Å². The number of aromatic nitrogens is 4. The molecule has 1 aliphatic carbocycles. The zero-order valence-corrected chi connectivity index (χ0v) is 19.5. The minimum Gasteiger partial charge on any atom is -0.339 e. The molecule has 1 saturated carbocycles. The number of sulfonamides is 1. The Labute approximate surface area is 198 Å². The number of hydrogen-bond donors (Lipinski definition) is 2. The molecule has 1 aliphatic rings. The average Bonchev–Trinajstić information content (AvgIpc) is 3.37. The highest BCUT2D eigenvalue weighted by Crippen LogP contribution is 2.42. The number of anilines is 3. The summed E-state index contributed by atoms with van der Waals surface area (Å²) in [6, 6.07) is 13.0. The molecule has 2 N–H and O–H groups in total. The van der Waals surface area contributed by atoms with Crippen LogP contribution in [0.5, 0.6) is 0 Å². The molecule has 12 heteroatoms. The molecule has 2 heterocycles. The third-order valence-corrected chi connectivity index (χ3v) is 7.74. The molecule has 0 amide bonds. The molecule has 5 rings (SSSR count). The van der Waals surface area contributed by atoms with Gasteiger partial charge in [0.15, 0.2) is 5.82 Å². The van der Waals surface area contributed by atoms with Crippen molar-refractivity contribution < 1.29 is 12.8 Å². The van der Waals surface area contributed by atoms with Gasteiger partial charge in [-0.25, -0.2) is 12.8 Å². The normalized spacial score (nSPS) is 13.8. The number of rotatable bonds is 8. The SMILES string of the molecule is O=S(=O)(Nc1nnc(C2CC2)s1)c1ccc(Nc2ccn(Cc3ccc(Cl)cc3)n2)cc1F. The van der Waals surface area contributed by atoms with Crippen molar-refractivity contribution in [2.75, 3.05) is 10.0 Å². The summed E-state index contributed by atoms with van der Waals surface area (Å²) in [5.74, 6) is -0.0314. The molecule has 2 aromatic heterocycles. The van der Waals surface area contributed by atoms with Gasteiger partial charge in [0.25, 0.3) is 10.0 Å². The summed E-state index contributed by atoms with van der Waals surface area (Å²) >= 11 is 7.08. The molecule has 0 saturated heterocycles. The molecule has 1 fully saturated rings. The van der Waals surface area contributed by atoms with Crippen molar-refractivity contribution >= 4 is 49.6 Å². The van der Waals surface area contributed by atoms with Gasteiger partial charge in [0.2, 0.25) is 5.13 Å². The highest BCUT2D eigenvalue weighted by Gasteiger charge is 2.29. The van der Waals surface area contributed by atoms with Gasteiger partial charge in [-0.15, -0.1) is 10.2 Å². The van der Waals surface area contributed by atoms with E-state index in [1.807, 2.05) is 24.3 Å². The molecule has 170 valence electrons. The van der Waals surface area contributed by atoms with Gasteiger partial charge >= 0.3 is 0 Å². The summed E-state index contributed by atoms with van der Waals surface area (Å²) in [5, 5.41) is 16.8. The van der Waals surface area contributed by atoms with E-state index in [0.29, 0.717) is 29.0 Å². The lowest BCUT2D eigenvalue weighted by Gasteiger charge is -2.08. The summed E-state index contributed by atoms with van der Waals surface area (Å²) in [6.07, 6.45) is 3.85. The van der Waals surface area contributed by atoms with Crippen LogP contribution in [0, 0.1) is 5.82 Å². The second-order valence-corrected chi connectivity index (χ2v) is 10.7. The third kappa shape index (κ3) is 5.15. The second-order valence-electron chi connectivity index (χ2n) is 7.62. The summed E-state index contributed by atoms with van der Waals surface area (Å²) in [7, 11) is -4.13. The van der Waals surface area contributed by atoms with Crippen molar-refractivity contribution in [2.45, 2.75) is 30.2 Å². The fourth-order valence-corrected chi connectivity index (χ4v) is 5.51. The van der Waals surface area contributed by atoms with Crippen LogP contribution in [-0.2, 0) is 16.6 Å². The quantitative estimate of drug-likeness (QED) is 0.350. The Morgan fingerprint density at radius 1 is 1.12 bits per heavy atom. The van der Waals surface area contributed by atoms with Crippen LogP contribution in [0.3, 0.4) is 0 Å². The van der Waals surface area contributed by atoms with E-state index in [1.165, 1.54) is 23.5 Å². The lowest BCUT2D eigenvalue weighted by Crippen LogP contribution is -2.14. The summed E-state index contributed by atoms with van der Waals surface area (Å²) < 4.78 is 44.0. The molecular weight excluding hydrogens is 487 g/mol. The molecule has 2 aromatic carbocycles. The van der Waals surface area contributed by atoms with Crippen molar-refractivity contribution in [1.29, 1.82) is 0 Å². The van der Waals surface area contributed by atoms with Crippen LogP contribution in [-0.4, -0.2) is 28.4 Å². The van der Waals surface area contributed by atoms with Gasteiger partial charge < -0.3 is 5.32 Å². The van der Waals surface area contributed by atoms with Crippen LogP contribution in [0.25, 0.3) is 0 Å². The Hall–Kier alpha value is -3.02. The van der Waals surface area contributed by atoms with Crippen molar-refractivity contribution in [1.82, 2.24) is 20.0 Å². The number of benzene rings is 2. The summed E-state index contributed by atoms with van der Waals surface area (Å²) in [4.78, 5) is -0.468. The Kier molecular flexibility index (Phi) is 5.77. The predicted molar refractivity (Wildman–Crippen MR) is 125 cm³/mol. The average molecular weight is 505 g/mol. The third-order valence-electron chi connectivity index (χ3n) is 4.98. The standard InChI is InChI=1S/C21H18ClFN6O2S2/c22-15-5-1-13(2-6-15)12-29-10-9-19(27-29)24-16-7-8-18(17(23)11-16)33(30,31)28-21-26-25-20(32-21)14-3-4-14/h1-2,5-11,14H,3-4,12H2,(H,24,27)(H,26,28). The second kappa shape index (κ2) is 8.73. The van der Waals surface area contributed by atoms with Crippen molar-refractivity contribution in [2.24, 2.45) is 0 Å². The van der Waals surface area contributed by atoms with Crippen LogP contribution in [0.2, 0.25) is 5.02 Å². The van der Waals surface area contributed by atoms with Gasteiger partial charge in [-0.05, 0) is 48.7 Å². The van der Waals surface area contributed by atoms with Gasteiger partial charge in [0.1, 0.15) is 15.7 Å². The zero-order chi connectivity index (χ0) is 23.0. The monoisotopic (exact) mass is 504 g/mol. The molecular formula is C21H18ClFN6O2S2. The largest absolute Gasteiger partial charge is 0.339 e. The highest BCUT2D eigenvalue weighted by molar-refractivity contribution is 7.93. The van der Waals surface area contributed by atoms with E-state index in [4.69, 9.17) is 11.6 Å². The smallest absolute Gasteiger partial charge is 0.266 e. The maximum absolute atomic E-state index is 14.7. The van der Waals surface area contributed by atoms with Gasteiger partial charge in [0, 0.05) is 28.9 Å². The minimum absolute atomic E-state index is 0.129. The fraction of sp³-hybridized carbons (Fsp3) is 0.190. The molecule has 0 atom stereocenters. The zero-order valence-electron chi connectivity index (χ0n) is 17.1. The van der Waals surface area contributed by atoms with E-state index < -0.39 is 20.7 Å². The lowest BCUT2D eigenvalue weighted by atomic mass is 10.2. The maximum Gasteiger partial charge on any atom is 0.266 e. The predicted octanol–water partition coefficient (Wildman–Crippen LogP) is 5.00. The van der Waals surface area contributed by atoms with E-state index >= 15 is 0 Å². The fourth-order valence-electron chi connectivity index (χ4n) is 3.18. The van der Waals surface area contributed by atoms with E-state index in [0.717, 1.165) is 29.5 Å². The van der Waals surface area contributed by atoms with Crippen LogP contribution >= 0.6 is 22.9 Å². The van der Waals surface area contributed by atoms with Gasteiger partial charge in [-0.1, -0.05) is 35.1 Å². The molecule has 0 unspecified atom stereocenters. The van der Waals surface area contributed by atoms with Crippen LogP contribution < -0.4 is 10.0 Å². The first kappa shape index (κ1) is 21.8. The summed E-state index contributed by atoms with van der Waals surface area (Å²) in [5.41, 5.74) is 1.40. The number of nitrogens with one attached hydrogen (secondary N) is 2. The Morgan fingerprint density at radius 2 is 1.91 bits per heavy atom. The summed E-state index contributed by atoms with van der Waals surface area (Å²) in [6.45, 7) is 0.546. The highest BCUT2D eigenvalue weighted by atomic mass is 35.5. The van der Waals surface area contributed by atoms with E-state index in [-0.39, 0.29) is 5.13 Å². The van der Waals surface area contributed by atoms with Crippen LogP contribution in [0.4, 0.5) is 21.0 Å². The molecule has 33 heavy (non-hydrogen) atoms. The van der Waals surface area contributed by atoms with E-state index in [1.54, 1.807) is 16.9 Å². The lowest BCUT2D eigenvalue weighted by molar-refractivity contribution is 0.570. The van der Waals surface area contributed by atoms with E-state index in [9.17, 15) is 12.8 Å². The first-order valence-corrected chi connectivity index (χ1v) is 12.7. The number of halogens is 2. The maximum atomic E-state index is 14.7. The Bertz CT molecular complexity index is 1400. The first-order valence-electron chi connectivity index (χ1n) is 10.1. The molecule has 0 bridgehead atoms. The van der Waals surface area contributed by atoms with Gasteiger partial charge in [0.05, 0.1) is 6.54 Å². The van der Waals surface area contributed by atoms with Gasteiger partial charge in [-0.2, -0.15) is 5.10 Å². The minimum atomic E-state index is -4.13. The van der Waals surface area contributed by atoms with Crippen LogP contribution in [0.1, 0.15) is 29.3 Å². The Balaban J connectivity index is 1.26. The molecule has 0 spiro atoms. The molecule has 8 nitrogen and oxygen atoms in total. The Morgan fingerprint density at radius 3 is 2.64 bits per heavy atom. The van der Waals surface area contributed by atoms with Gasteiger partial charge in [-0.3, -0.25) is 9.40 Å². The molecule has 0 aliphatic heterocycles.